The molecule has 2 atom stereocenters. The van der Waals surface area contributed by atoms with E-state index in [0.29, 0.717) is 17.9 Å². The number of Topliss-reactive ketones (excluding diaryl/α,β-unsaturated/α-hetero) is 2. The van der Waals surface area contributed by atoms with Gasteiger partial charge in [0, 0.05) is 6.42 Å². The summed E-state index contributed by atoms with van der Waals surface area (Å²) in [6, 6.07) is 0. The maximum absolute atomic E-state index is 12.0. The van der Waals surface area contributed by atoms with Gasteiger partial charge in [-0.15, -0.1) is 0 Å². The monoisotopic (exact) mass is 224 g/mol. The van der Waals surface area contributed by atoms with Crippen LogP contribution in [0.5, 0.6) is 0 Å². The van der Waals surface area contributed by atoms with E-state index in [9.17, 15) is 9.59 Å². The number of carbonyl (C=O) groups excluding carboxylic acids is 2. The predicted octanol–water partition coefficient (Wildman–Crippen LogP) is 1.24. The molecular weight excluding hydrogens is 208 g/mol. The molecule has 0 aromatic heterocycles. The summed E-state index contributed by atoms with van der Waals surface area (Å²) in [5.41, 5.74) is -0.925. The first-order valence-corrected chi connectivity index (χ1v) is 5.32. The maximum atomic E-state index is 12.0. The fourth-order valence-corrected chi connectivity index (χ4v) is 2.88. The lowest BCUT2D eigenvalue weighted by atomic mass is 9.66. The van der Waals surface area contributed by atoms with Crippen molar-refractivity contribution in [2.75, 3.05) is 13.7 Å². The van der Waals surface area contributed by atoms with Crippen molar-refractivity contribution in [3.8, 4) is 0 Å². The second kappa shape index (κ2) is 3.17. The lowest BCUT2D eigenvalue weighted by Gasteiger charge is -2.51. The average Bonchev–Trinajstić information content (AvgIpc) is 2.35. The summed E-state index contributed by atoms with van der Waals surface area (Å²) in [5, 5.41) is 0. The lowest BCUT2D eigenvalue weighted by Crippen LogP contribution is -2.62. The molecule has 4 nitrogen and oxygen atoms in total. The third-order valence-electron chi connectivity index (χ3n) is 3.97. The van der Waals surface area contributed by atoms with E-state index >= 15 is 0 Å². The Labute approximate surface area is 94.6 Å². The van der Waals surface area contributed by atoms with Gasteiger partial charge in [0.05, 0.1) is 24.9 Å². The van der Waals surface area contributed by atoms with Gasteiger partial charge in [-0.05, 0) is 20.8 Å². The summed E-state index contributed by atoms with van der Waals surface area (Å²) in [6.45, 7) is 5.36. The summed E-state index contributed by atoms with van der Waals surface area (Å²) >= 11 is 0. The van der Waals surface area contributed by atoms with Crippen molar-refractivity contribution >= 4 is 11.6 Å². The van der Waals surface area contributed by atoms with Gasteiger partial charge in [0.2, 0.25) is 0 Å². The number of carbonyl (C=O) groups is 2. The molecule has 4 heteroatoms. The van der Waals surface area contributed by atoms with Gasteiger partial charge in [-0.2, -0.15) is 0 Å². The van der Waals surface area contributed by atoms with Gasteiger partial charge in [-0.1, -0.05) is 0 Å². The van der Waals surface area contributed by atoms with Gasteiger partial charge in [-0.25, -0.2) is 0 Å². The van der Waals surface area contributed by atoms with Gasteiger partial charge in [0.25, 0.3) is 0 Å². The standard InChI is InChI=1S/C12H16O4/c1-7(15-4)10-9(14)5-11(3)12(10,6-16-11)8(2)13/h5-6H2,1-4H3/b10-7-/t11-,12-/m0/s1. The zero-order valence-electron chi connectivity index (χ0n) is 10.0. The Hall–Kier alpha value is -1.16. The van der Waals surface area contributed by atoms with Crippen LogP contribution in [0.4, 0.5) is 0 Å². The largest absolute Gasteiger partial charge is 0.501 e. The van der Waals surface area contributed by atoms with Gasteiger partial charge < -0.3 is 9.47 Å². The number of ketones is 2. The normalized spacial score (nSPS) is 40.1. The molecular formula is C12H16O4. The molecule has 2 aliphatic rings. The molecule has 2 fully saturated rings. The van der Waals surface area contributed by atoms with E-state index in [0.717, 1.165) is 0 Å². The van der Waals surface area contributed by atoms with Crippen LogP contribution in [0, 0.1) is 5.41 Å². The van der Waals surface area contributed by atoms with E-state index in [2.05, 4.69) is 0 Å². The summed E-state index contributed by atoms with van der Waals surface area (Å²) in [5.74, 6) is 0.486. The molecule has 1 aliphatic heterocycles. The predicted molar refractivity (Wildman–Crippen MR) is 56.8 cm³/mol. The highest BCUT2D eigenvalue weighted by atomic mass is 16.5. The minimum absolute atomic E-state index is 0.0153. The van der Waals surface area contributed by atoms with Crippen LogP contribution in [0.15, 0.2) is 11.3 Å². The fraction of sp³-hybridized carbons (Fsp3) is 0.667. The van der Waals surface area contributed by atoms with Crippen LogP contribution < -0.4 is 0 Å². The van der Waals surface area contributed by atoms with E-state index in [1.54, 1.807) is 6.92 Å². The smallest absolute Gasteiger partial charge is 0.166 e. The Kier molecular flexibility index (Phi) is 2.24. The first-order valence-electron chi connectivity index (χ1n) is 5.32. The van der Waals surface area contributed by atoms with Crippen molar-refractivity contribution in [3.05, 3.63) is 11.3 Å². The summed E-state index contributed by atoms with van der Waals surface area (Å²) in [7, 11) is 1.51. The Balaban J connectivity index is 2.62. The van der Waals surface area contributed by atoms with Gasteiger partial charge in [-0.3, -0.25) is 9.59 Å². The van der Waals surface area contributed by atoms with E-state index < -0.39 is 11.0 Å². The van der Waals surface area contributed by atoms with Crippen LogP contribution in [0.25, 0.3) is 0 Å². The van der Waals surface area contributed by atoms with Crippen LogP contribution in [0.2, 0.25) is 0 Å². The van der Waals surface area contributed by atoms with Crippen LogP contribution in [-0.2, 0) is 19.1 Å². The van der Waals surface area contributed by atoms with Crippen molar-refractivity contribution in [1.82, 2.24) is 0 Å². The van der Waals surface area contributed by atoms with Crippen LogP contribution in [-0.4, -0.2) is 30.9 Å². The highest BCUT2D eigenvalue weighted by Gasteiger charge is 2.70. The number of ether oxygens (including phenoxy) is 2. The summed E-state index contributed by atoms with van der Waals surface area (Å²) in [6.07, 6.45) is 0.266. The molecule has 2 rings (SSSR count). The minimum Gasteiger partial charge on any atom is -0.501 e. The first kappa shape index (κ1) is 11.3. The highest BCUT2D eigenvalue weighted by molar-refractivity contribution is 6.10. The Bertz CT molecular complexity index is 409. The topological polar surface area (TPSA) is 52.6 Å². The van der Waals surface area contributed by atoms with Crippen LogP contribution >= 0.6 is 0 Å². The van der Waals surface area contributed by atoms with Crippen molar-refractivity contribution in [2.24, 2.45) is 5.41 Å². The zero-order chi connectivity index (χ0) is 12.1. The maximum Gasteiger partial charge on any atom is 0.166 e. The fourth-order valence-electron chi connectivity index (χ4n) is 2.88. The lowest BCUT2D eigenvalue weighted by molar-refractivity contribution is -0.220. The molecule has 0 unspecified atom stereocenters. The summed E-state index contributed by atoms with van der Waals surface area (Å²) < 4.78 is 10.6. The third kappa shape index (κ3) is 1.03. The van der Waals surface area contributed by atoms with Gasteiger partial charge >= 0.3 is 0 Å². The molecule has 1 aliphatic carbocycles. The number of fused-ring (bicyclic) bond motifs is 1. The molecule has 1 saturated heterocycles. The van der Waals surface area contributed by atoms with Crippen LogP contribution in [0.3, 0.4) is 0 Å². The second-order valence-corrected chi connectivity index (χ2v) is 4.72. The number of methoxy groups -OCH3 is 1. The number of allylic oxidation sites excluding steroid dienone is 1. The quantitative estimate of drug-likeness (QED) is 0.523. The zero-order valence-corrected chi connectivity index (χ0v) is 10.0. The highest BCUT2D eigenvalue weighted by Crippen LogP contribution is 2.59. The number of hydrogen-bond acceptors (Lipinski definition) is 4. The summed E-state index contributed by atoms with van der Waals surface area (Å²) in [4.78, 5) is 23.9. The molecule has 0 bridgehead atoms. The van der Waals surface area contributed by atoms with E-state index in [4.69, 9.17) is 9.47 Å². The molecule has 0 aromatic carbocycles. The average molecular weight is 224 g/mol. The SMILES string of the molecule is CO/C(C)=C1/C(=O)C[C@]2(C)OC[C@]12C(C)=O. The Morgan fingerprint density at radius 1 is 1.44 bits per heavy atom. The number of rotatable bonds is 2. The molecule has 0 aromatic rings. The molecule has 0 amide bonds. The molecule has 1 saturated carbocycles. The van der Waals surface area contributed by atoms with Crippen molar-refractivity contribution in [2.45, 2.75) is 32.8 Å². The van der Waals surface area contributed by atoms with Crippen molar-refractivity contribution < 1.29 is 19.1 Å². The minimum atomic E-state index is -0.774. The molecule has 16 heavy (non-hydrogen) atoms. The molecule has 0 spiro atoms. The van der Waals surface area contributed by atoms with Crippen LogP contribution in [0.1, 0.15) is 27.2 Å². The number of hydrogen-bond donors (Lipinski definition) is 0. The second-order valence-electron chi connectivity index (χ2n) is 4.72. The van der Waals surface area contributed by atoms with E-state index in [1.165, 1.54) is 14.0 Å². The molecule has 0 N–H and O–H groups in total. The van der Waals surface area contributed by atoms with Crippen molar-refractivity contribution in [1.29, 1.82) is 0 Å². The van der Waals surface area contributed by atoms with Gasteiger partial charge in [0.1, 0.15) is 17.0 Å². The molecule has 88 valence electrons. The van der Waals surface area contributed by atoms with Crippen molar-refractivity contribution in [3.63, 3.8) is 0 Å². The Morgan fingerprint density at radius 2 is 2.06 bits per heavy atom. The first-order chi connectivity index (χ1) is 7.39. The molecule has 0 radical (unpaired) electrons. The third-order valence-corrected chi connectivity index (χ3v) is 3.97. The Morgan fingerprint density at radius 3 is 2.44 bits per heavy atom. The van der Waals surface area contributed by atoms with Gasteiger partial charge in [0.15, 0.2) is 5.78 Å². The van der Waals surface area contributed by atoms with E-state index in [-0.39, 0.29) is 18.0 Å². The van der Waals surface area contributed by atoms with E-state index in [1.807, 2.05) is 6.92 Å². The molecule has 1 heterocycles.